The monoisotopic (exact) mass is 559 g/mol. The highest BCUT2D eigenvalue weighted by Crippen LogP contribution is 2.32. The van der Waals surface area contributed by atoms with Gasteiger partial charge in [0.1, 0.15) is 67.1 Å². The summed E-state index contributed by atoms with van der Waals surface area (Å²) >= 11 is 0. The van der Waals surface area contributed by atoms with Crippen LogP contribution in [-0.2, 0) is 33.3 Å². The van der Waals surface area contributed by atoms with Crippen molar-refractivity contribution in [1.29, 1.82) is 0 Å². The molecule has 0 aromatic heterocycles. The van der Waals surface area contributed by atoms with Crippen LogP contribution in [-0.4, -0.2) is 168 Å². The summed E-state index contributed by atoms with van der Waals surface area (Å²) in [7, 11) is 0. The number of nitrogens with one attached hydrogen (secondary N) is 1. The number of hydrogen-bond donors (Lipinski definition) is 11. The minimum absolute atomic E-state index is 0.739. The minimum atomic E-state index is -2.04. The molecule has 18 nitrogen and oxygen atoms in total. The van der Waals surface area contributed by atoms with Crippen molar-refractivity contribution in [1.82, 2.24) is 5.32 Å². The number of carbonyl (C=O) groups is 2. The Morgan fingerprint density at radius 3 is 1.87 bits per heavy atom. The molecule has 3 aliphatic rings. The Kier molecular flexibility index (Phi) is 10.3. The van der Waals surface area contributed by atoms with E-state index in [1.54, 1.807) is 0 Å². The van der Waals surface area contributed by atoms with Gasteiger partial charge in [-0.25, -0.2) is 4.79 Å². The molecule has 38 heavy (non-hydrogen) atoms. The molecule has 3 aliphatic heterocycles. The highest BCUT2D eigenvalue weighted by atomic mass is 16.7. The lowest BCUT2D eigenvalue weighted by molar-refractivity contribution is -0.371. The van der Waals surface area contributed by atoms with Crippen LogP contribution in [0.3, 0.4) is 0 Å². The van der Waals surface area contributed by atoms with Gasteiger partial charge in [0.15, 0.2) is 25.0 Å². The van der Waals surface area contributed by atoms with Gasteiger partial charge in [-0.2, -0.15) is 0 Å². The van der Waals surface area contributed by atoms with Crippen LogP contribution in [0.5, 0.6) is 0 Å². The Hall–Kier alpha value is -1.62. The van der Waals surface area contributed by atoms with E-state index in [1.165, 1.54) is 0 Å². The molecule has 0 spiro atoms. The zero-order valence-corrected chi connectivity index (χ0v) is 19.9. The first-order chi connectivity index (χ1) is 17.8. The number of aliphatic hydroxyl groups is 9. The summed E-state index contributed by atoms with van der Waals surface area (Å²) in [6.45, 7) is -0.642. The van der Waals surface area contributed by atoms with E-state index in [2.05, 4.69) is 5.32 Å². The van der Waals surface area contributed by atoms with Gasteiger partial charge < -0.3 is 80.1 Å². The van der Waals surface area contributed by atoms with Gasteiger partial charge in [-0.3, -0.25) is 4.79 Å². The molecular weight excluding hydrogens is 526 g/mol. The molecule has 220 valence electrons. The second-order valence-corrected chi connectivity index (χ2v) is 9.11. The number of rotatable bonds is 8. The Bertz CT molecular complexity index is 816. The van der Waals surface area contributed by atoms with Gasteiger partial charge >= 0.3 is 5.97 Å². The van der Waals surface area contributed by atoms with Crippen molar-refractivity contribution >= 4 is 11.9 Å². The fraction of sp³-hybridized carbons (Fsp3) is 0.900. The molecule has 3 fully saturated rings. The Labute approximate surface area is 214 Å². The second kappa shape index (κ2) is 12.7. The van der Waals surface area contributed by atoms with Crippen LogP contribution in [0.15, 0.2) is 0 Å². The van der Waals surface area contributed by atoms with Crippen LogP contribution in [0.4, 0.5) is 0 Å². The Morgan fingerprint density at radius 2 is 1.32 bits per heavy atom. The van der Waals surface area contributed by atoms with Gasteiger partial charge in [-0.1, -0.05) is 0 Å². The van der Waals surface area contributed by atoms with Gasteiger partial charge in [0.2, 0.25) is 5.91 Å². The van der Waals surface area contributed by atoms with Crippen molar-refractivity contribution < 1.29 is 84.3 Å². The molecule has 0 aliphatic carbocycles. The zero-order valence-electron chi connectivity index (χ0n) is 19.9. The van der Waals surface area contributed by atoms with E-state index >= 15 is 0 Å². The fourth-order valence-corrected chi connectivity index (χ4v) is 4.44. The summed E-state index contributed by atoms with van der Waals surface area (Å²) in [5.74, 6) is -2.44. The number of carbonyl (C=O) groups excluding carboxylic acids is 1. The van der Waals surface area contributed by atoms with Crippen molar-refractivity contribution in [2.45, 2.75) is 99.0 Å². The van der Waals surface area contributed by atoms with Crippen molar-refractivity contribution in [2.24, 2.45) is 0 Å². The molecule has 1 amide bonds. The molecule has 15 atom stereocenters. The summed E-state index contributed by atoms with van der Waals surface area (Å²) in [4.78, 5) is 23.2. The molecule has 0 aromatic carbocycles. The first kappa shape index (κ1) is 30.9. The lowest BCUT2D eigenvalue weighted by Crippen LogP contribution is -2.69. The molecule has 3 rings (SSSR count). The van der Waals surface area contributed by atoms with Crippen molar-refractivity contribution in [2.75, 3.05) is 13.2 Å². The maximum Gasteiger partial charge on any atom is 0.335 e. The van der Waals surface area contributed by atoms with Crippen LogP contribution in [0.25, 0.3) is 0 Å². The normalized spacial score (nSPS) is 47.9. The first-order valence-corrected chi connectivity index (χ1v) is 11.6. The van der Waals surface area contributed by atoms with E-state index in [9.17, 15) is 60.7 Å². The first-order valence-electron chi connectivity index (χ1n) is 11.6. The molecular formula is C20H33NO17. The van der Waals surface area contributed by atoms with Gasteiger partial charge in [-0.15, -0.1) is 0 Å². The molecule has 3 heterocycles. The number of aliphatic carboxylic acids is 1. The van der Waals surface area contributed by atoms with E-state index in [4.69, 9.17) is 23.7 Å². The lowest BCUT2D eigenvalue weighted by Gasteiger charge is -2.48. The molecule has 11 N–H and O–H groups in total. The van der Waals surface area contributed by atoms with E-state index in [-0.39, 0.29) is 0 Å². The van der Waals surface area contributed by atoms with Gasteiger partial charge in [-0.05, 0) is 0 Å². The van der Waals surface area contributed by atoms with Crippen LogP contribution in [0.2, 0.25) is 0 Å². The molecule has 18 heteroatoms. The average Bonchev–Trinajstić information content (AvgIpc) is 2.86. The number of ether oxygens (including phenoxy) is 5. The third kappa shape index (κ3) is 6.24. The van der Waals surface area contributed by atoms with Gasteiger partial charge in [0.05, 0.1) is 13.2 Å². The number of amides is 1. The lowest BCUT2D eigenvalue weighted by atomic mass is 9.95. The number of hydrogen-bond acceptors (Lipinski definition) is 16. The summed E-state index contributed by atoms with van der Waals surface area (Å²) in [5.41, 5.74) is 0. The van der Waals surface area contributed by atoms with Crippen LogP contribution >= 0.6 is 0 Å². The van der Waals surface area contributed by atoms with E-state index in [0.29, 0.717) is 0 Å². The second-order valence-electron chi connectivity index (χ2n) is 9.11. The maximum absolute atomic E-state index is 11.7. The Balaban J connectivity index is 1.86. The van der Waals surface area contributed by atoms with E-state index in [0.717, 1.165) is 6.92 Å². The van der Waals surface area contributed by atoms with Crippen molar-refractivity contribution in [3.8, 4) is 0 Å². The van der Waals surface area contributed by atoms with E-state index in [1.807, 2.05) is 0 Å². The van der Waals surface area contributed by atoms with Crippen molar-refractivity contribution in [3.63, 3.8) is 0 Å². The average molecular weight is 559 g/mol. The number of aliphatic hydroxyl groups excluding tert-OH is 9. The van der Waals surface area contributed by atoms with Gasteiger partial charge in [0.25, 0.3) is 0 Å². The third-order valence-electron chi connectivity index (χ3n) is 6.46. The third-order valence-corrected chi connectivity index (χ3v) is 6.46. The number of carboxylic acid groups (broad SMARTS) is 1. The SMILES string of the molecule is CC(=O)N[C@H]1[C@H](O[C@H]2[C@@H](O)[C@@H](CO)O[C@@H](O[C@H]3[C@H](O)[C@@H](O)[C@@H](O)O[C@@H]3CO)[C@@H]2O)O[C@H](C(=O)O)[C@@H](O)[C@@H]1O. The predicted octanol–water partition coefficient (Wildman–Crippen LogP) is -7.34. The summed E-state index contributed by atoms with van der Waals surface area (Å²) < 4.78 is 26.6. The Morgan fingerprint density at radius 1 is 0.711 bits per heavy atom. The molecule has 3 saturated heterocycles. The largest absolute Gasteiger partial charge is 0.479 e. The standard InChI is InChI=1S/C20H33NO17/c1-4(24)21-7-9(26)10(27)16(17(31)32)38-19(7)37-15-8(25)5(2-22)35-20(13(15)30)36-14-6(3-23)34-18(33)12(29)11(14)28/h5-16,18-20,22-23,25-30,33H,2-3H2,1H3,(H,21,24)(H,31,32)/t5-,6-,7-,8+,9-,10+,11-,12-,13-,14-,15+,16+,18+,19-,20+/m1/s1. The van der Waals surface area contributed by atoms with E-state index < -0.39 is 117 Å². The molecule has 0 unspecified atom stereocenters. The summed E-state index contributed by atoms with van der Waals surface area (Å²) in [6.07, 6.45) is -25.5. The van der Waals surface area contributed by atoms with Crippen LogP contribution < -0.4 is 5.32 Å². The topological polar surface area (TPSA) is 295 Å². The predicted molar refractivity (Wildman–Crippen MR) is 113 cm³/mol. The molecule has 0 bridgehead atoms. The van der Waals surface area contributed by atoms with Gasteiger partial charge in [0, 0.05) is 6.92 Å². The molecule has 0 radical (unpaired) electrons. The molecule has 0 aromatic rings. The fourth-order valence-electron chi connectivity index (χ4n) is 4.44. The van der Waals surface area contributed by atoms with Crippen molar-refractivity contribution in [3.05, 3.63) is 0 Å². The smallest absolute Gasteiger partial charge is 0.335 e. The highest BCUT2D eigenvalue weighted by molar-refractivity contribution is 5.74. The number of carboxylic acids is 1. The minimum Gasteiger partial charge on any atom is -0.479 e. The zero-order chi connectivity index (χ0) is 28.5. The highest BCUT2D eigenvalue weighted by Gasteiger charge is 2.54. The molecule has 0 saturated carbocycles. The summed E-state index contributed by atoms with van der Waals surface area (Å²) in [6, 6.07) is -1.59. The summed E-state index contributed by atoms with van der Waals surface area (Å²) in [5, 5.41) is 103. The maximum atomic E-state index is 11.7. The van der Waals surface area contributed by atoms with Crippen LogP contribution in [0, 0.1) is 0 Å². The quantitative estimate of drug-likeness (QED) is 0.132. The van der Waals surface area contributed by atoms with Crippen LogP contribution in [0.1, 0.15) is 6.92 Å².